The first kappa shape index (κ1) is 55.4. The van der Waals surface area contributed by atoms with Crippen LogP contribution in [-0.4, -0.2) is 54.3 Å². The number of nitrogens with one attached hydrogen (secondary N) is 1. The van der Waals surface area contributed by atoms with Crippen LogP contribution in [0, 0.1) is 0 Å². The topological polar surface area (TPSA) is 131 Å². The van der Waals surface area contributed by atoms with Crippen LogP contribution in [0.25, 0.3) is 0 Å². The normalized spacial score (nSPS) is 14.4. The maximum Gasteiger partial charge on any atom is 0.472 e. The monoisotopic (exact) mass is 840 g/mol. The van der Waals surface area contributed by atoms with E-state index in [4.69, 9.17) is 13.8 Å². The van der Waals surface area contributed by atoms with Gasteiger partial charge in [-0.1, -0.05) is 167 Å². The third-order valence-electron chi connectivity index (χ3n) is 8.42. The number of ether oxygens (including phenoxy) is 1. The van der Waals surface area contributed by atoms with Gasteiger partial charge in [0.2, 0.25) is 5.91 Å². The van der Waals surface area contributed by atoms with Gasteiger partial charge < -0.3 is 20.1 Å². The minimum Gasteiger partial charge on any atom is -0.463 e. The summed E-state index contributed by atoms with van der Waals surface area (Å²) < 4.78 is 26.8. The smallest absolute Gasteiger partial charge is 0.463 e. The molecule has 0 spiro atoms. The van der Waals surface area contributed by atoms with E-state index in [2.05, 4.69) is 122 Å². The molecule has 0 aromatic heterocycles. The zero-order valence-corrected chi connectivity index (χ0v) is 37.3. The van der Waals surface area contributed by atoms with Crippen LogP contribution in [0.2, 0.25) is 0 Å². The van der Waals surface area contributed by atoms with Gasteiger partial charge in [-0.2, -0.15) is 0 Å². The van der Waals surface area contributed by atoms with E-state index in [1.807, 2.05) is 12.2 Å². The number of phosphoric ester groups is 1. The third kappa shape index (κ3) is 45.3. The first-order valence-corrected chi connectivity index (χ1v) is 23.5. The van der Waals surface area contributed by atoms with Gasteiger partial charge in [0.15, 0.2) is 0 Å². The maximum atomic E-state index is 12.1. The number of amides is 1. The summed E-state index contributed by atoms with van der Waals surface area (Å²) in [6, 6.07) is 0. The fourth-order valence-electron chi connectivity index (χ4n) is 5.18. The van der Waals surface area contributed by atoms with Crippen molar-refractivity contribution in [3.05, 3.63) is 122 Å². The van der Waals surface area contributed by atoms with Crippen LogP contribution < -0.4 is 5.32 Å². The molecule has 10 heteroatoms. The Hall–Kier alpha value is -3.59. The second-order valence-electron chi connectivity index (χ2n) is 13.9. The minimum atomic E-state index is -4.45. The van der Waals surface area contributed by atoms with Crippen LogP contribution in [0.3, 0.4) is 0 Å². The molecule has 0 rings (SSSR count). The lowest BCUT2D eigenvalue weighted by Crippen LogP contribution is -2.27. The number of unbranched alkanes of at least 4 members (excludes halogenated alkanes) is 7. The van der Waals surface area contributed by atoms with E-state index < -0.39 is 26.5 Å². The minimum absolute atomic E-state index is 0.0403. The molecule has 0 fully saturated rings. The fourth-order valence-corrected chi connectivity index (χ4v) is 5.94. The predicted molar refractivity (Wildman–Crippen MR) is 247 cm³/mol. The number of carbonyl (C=O) groups excluding carboxylic acids is 2. The molecule has 1 amide bonds. The molecule has 332 valence electrons. The number of allylic oxidation sites excluding steroid dienone is 19. The van der Waals surface area contributed by atoms with E-state index in [-0.39, 0.29) is 32.1 Å². The van der Waals surface area contributed by atoms with Crippen LogP contribution in [-0.2, 0) is 27.9 Å². The van der Waals surface area contributed by atoms with Crippen LogP contribution >= 0.6 is 7.82 Å². The first-order valence-electron chi connectivity index (χ1n) is 22.0. The van der Waals surface area contributed by atoms with E-state index in [1.54, 1.807) is 6.08 Å². The Bertz CT molecular complexity index is 1370. The number of aliphatic hydroxyl groups is 1. The van der Waals surface area contributed by atoms with Crippen molar-refractivity contribution in [1.29, 1.82) is 0 Å². The molecule has 0 aliphatic carbocycles. The van der Waals surface area contributed by atoms with Crippen molar-refractivity contribution in [2.45, 2.75) is 148 Å². The number of aliphatic hydroxyl groups excluding tert-OH is 1. The molecule has 2 atom stereocenters. The highest BCUT2D eigenvalue weighted by Crippen LogP contribution is 2.42. The highest BCUT2D eigenvalue weighted by molar-refractivity contribution is 7.47. The zero-order valence-electron chi connectivity index (χ0n) is 36.4. The van der Waals surface area contributed by atoms with Gasteiger partial charge >= 0.3 is 13.8 Å². The predicted octanol–water partition coefficient (Wildman–Crippen LogP) is 12.5. The Morgan fingerprint density at radius 3 is 1.42 bits per heavy atom. The molecule has 0 saturated heterocycles. The van der Waals surface area contributed by atoms with Crippen LogP contribution in [0.1, 0.15) is 142 Å². The van der Waals surface area contributed by atoms with Crippen molar-refractivity contribution >= 4 is 19.7 Å². The summed E-state index contributed by atoms with van der Waals surface area (Å²) in [5.41, 5.74) is 0. The van der Waals surface area contributed by atoms with Gasteiger partial charge in [-0.15, -0.1) is 0 Å². The standard InChI is InChI=1S/C49H78NO8P/c1-3-5-7-9-11-13-15-17-19-21-22-23-24-26-28-30-32-34-36-38-40-42-49(53)56-45-47(51)46-58-59(54,55)57-44-43-50-48(52)41-39-37-35-33-31-29-27-25-20-18-16-14-12-10-8-6-4-2/h5-8,11-14,17-20,22-23,26,28,32,34,38,40,47,51H,3-4,9-10,15-16,21,24-25,27,29-31,33,35-37,39,41-46H2,1-2H3,(H,50,52)(H,54,55)/b7-5-,8-6-,13-11-,14-12-,19-17-,20-18-,23-22-,28-26-,34-32-,40-38-. The third-order valence-corrected chi connectivity index (χ3v) is 9.40. The lowest BCUT2D eigenvalue weighted by molar-refractivity contribution is -0.146. The van der Waals surface area contributed by atoms with E-state index in [0.29, 0.717) is 12.8 Å². The summed E-state index contributed by atoms with van der Waals surface area (Å²) >= 11 is 0. The SMILES string of the molecule is CC/C=C\C/C=C\C/C=C\C/C=C\C/C=C\C/C=C\C/C=C\CC(=O)OCC(O)COP(=O)(O)OCCNC(=O)CCCCCCCCC/C=C\C/C=C\C/C=C\CC. The van der Waals surface area contributed by atoms with Crippen LogP contribution in [0.5, 0.6) is 0 Å². The van der Waals surface area contributed by atoms with Crippen molar-refractivity contribution < 1.29 is 37.9 Å². The fraction of sp³-hybridized carbons (Fsp3) is 0.551. The number of carbonyl (C=O) groups is 2. The van der Waals surface area contributed by atoms with Crippen molar-refractivity contribution in [3.63, 3.8) is 0 Å². The van der Waals surface area contributed by atoms with E-state index in [9.17, 15) is 24.2 Å². The summed E-state index contributed by atoms with van der Waals surface area (Å²) in [6.45, 7) is 3.17. The van der Waals surface area contributed by atoms with Gasteiger partial charge in [-0.25, -0.2) is 4.57 Å². The molecule has 0 aromatic rings. The second-order valence-corrected chi connectivity index (χ2v) is 15.4. The molecule has 0 aromatic carbocycles. The summed E-state index contributed by atoms with van der Waals surface area (Å²) in [7, 11) is -4.45. The average Bonchev–Trinajstić information content (AvgIpc) is 3.22. The highest BCUT2D eigenvalue weighted by atomic mass is 31.2. The summed E-state index contributed by atoms with van der Waals surface area (Å²) in [5, 5.41) is 12.7. The van der Waals surface area contributed by atoms with Crippen molar-refractivity contribution in [2.75, 3.05) is 26.4 Å². The molecule has 0 aliphatic heterocycles. The Balaban J connectivity index is 3.77. The first-order chi connectivity index (χ1) is 28.8. The van der Waals surface area contributed by atoms with E-state index >= 15 is 0 Å². The van der Waals surface area contributed by atoms with Gasteiger partial charge in [0.25, 0.3) is 0 Å². The molecule has 59 heavy (non-hydrogen) atoms. The lowest BCUT2D eigenvalue weighted by Gasteiger charge is -2.15. The Kier molecular flexibility index (Phi) is 41.3. The molecule has 0 bridgehead atoms. The summed E-state index contributed by atoms with van der Waals surface area (Å²) in [5.74, 6) is -0.672. The lowest BCUT2D eigenvalue weighted by atomic mass is 10.1. The van der Waals surface area contributed by atoms with Gasteiger partial charge in [-0.3, -0.25) is 18.6 Å². The van der Waals surface area contributed by atoms with Gasteiger partial charge in [0.05, 0.1) is 19.6 Å². The summed E-state index contributed by atoms with van der Waals surface area (Å²) in [4.78, 5) is 33.9. The largest absolute Gasteiger partial charge is 0.472 e. The quantitative estimate of drug-likeness (QED) is 0.0241. The van der Waals surface area contributed by atoms with Gasteiger partial charge in [-0.05, 0) is 83.5 Å². The molecule has 0 saturated carbocycles. The average molecular weight is 840 g/mol. The van der Waals surface area contributed by atoms with Crippen LogP contribution in [0.15, 0.2) is 122 Å². The molecular formula is C49H78NO8P. The molecule has 3 N–H and O–H groups in total. The van der Waals surface area contributed by atoms with Crippen LogP contribution in [0.4, 0.5) is 0 Å². The Morgan fingerprint density at radius 2 is 0.949 bits per heavy atom. The number of hydrogen-bond acceptors (Lipinski definition) is 7. The van der Waals surface area contributed by atoms with Crippen molar-refractivity contribution in [1.82, 2.24) is 5.32 Å². The number of hydrogen-bond donors (Lipinski definition) is 3. The molecule has 9 nitrogen and oxygen atoms in total. The molecule has 0 aliphatic rings. The molecule has 2 unspecified atom stereocenters. The molecule has 0 heterocycles. The van der Waals surface area contributed by atoms with Crippen molar-refractivity contribution in [3.8, 4) is 0 Å². The summed E-state index contributed by atoms with van der Waals surface area (Å²) in [6.07, 6.45) is 60.1. The van der Waals surface area contributed by atoms with Gasteiger partial charge in [0, 0.05) is 13.0 Å². The second kappa shape index (κ2) is 44.0. The maximum absolute atomic E-state index is 12.1. The number of rotatable bonds is 39. The number of phosphoric acid groups is 1. The van der Waals surface area contributed by atoms with E-state index in [0.717, 1.165) is 83.5 Å². The molecule has 0 radical (unpaired) electrons. The Labute approximate surface area is 358 Å². The Morgan fingerprint density at radius 1 is 0.542 bits per heavy atom. The number of esters is 1. The zero-order chi connectivity index (χ0) is 43.2. The highest BCUT2D eigenvalue weighted by Gasteiger charge is 2.23. The van der Waals surface area contributed by atoms with Crippen molar-refractivity contribution in [2.24, 2.45) is 0 Å². The van der Waals surface area contributed by atoms with E-state index in [1.165, 1.54) is 25.7 Å². The molecular weight excluding hydrogens is 762 g/mol. The van der Waals surface area contributed by atoms with Gasteiger partial charge in [0.1, 0.15) is 12.7 Å².